The van der Waals surface area contributed by atoms with E-state index in [2.05, 4.69) is 42.5 Å². The van der Waals surface area contributed by atoms with E-state index >= 15 is 0 Å². The summed E-state index contributed by atoms with van der Waals surface area (Å²) in [4.78, 5) is 0. The summed E-state index contributed by atoms with van der Waals surface area (Å²) in [6.45, 7) is 7.88. The number of para-hydroxylation sites is 1. The van der Waals surface area contributed by atoms with Gasteiger partial charge in [-0.1, -0.05) is 30.3 Å². The molecule has 1 unspecified atom stereocenters. The summed E-state index contributed by atoms with van der Waals surface area (Å²) in [5, 5.41) is 12.1. The molecule has 5 heteroatoms. The third-order valence-electron chi connectivity index (χ3n) is 3.56. The Morgan fingerprint density at radius 1 is 1.33 bits per heavy atom. The Morgan fingerprint density at radius 2 is 2.10 bits per heavy atom. The molecule has 0 bridgehead atoms. The number of nitrogens with zero attached hydrogens (tertiary/aromatic N) is 3. The number of rotatable bonds is 7. The Morgan fingerprint density at radius 3 is 2.81 bits per heavy atom. The fourth-order valence-corrected chi connectivity index (χ4v) is 2.42. The fourth-order valence-electron chi connectivity index (χ4n) is 2.42. The minimum Gasteiger partial charge on any atom is -0.380 e. The first kappa shape index (κ1) is 15.7. The van der Waals surface area contributed by atoms with Gasteiger partial charge in [0.25, 0.3) is 0 Å². The maximum absolute atomic E-state index is 5.26. The fraction of sp³-hybridized carbons (Fsp3) is 0.500. The Labute approximate surface area is 126 Å². The zero-order chi connectivity index (χ0) is 15.2. The van der Waals surface area contributed by atoms with Gasteiger partial charge in [0.2, 0.25) is 0 Å². The van der Waals surface area contributed by atoms with Gasteiger partial charge < -0.3 is 10.1 Å². The van der Waals surface area contributed by atoms with Crippen molar-refractivity contribution in [2.24, 2.45) is 0 Å². The van der Waals surface area contributed by atoms with Crippen LogP contribution >= 0.6 is 0 Å². The van der Waals surface area contributed by atoms with Gasteiger partial charge in [0, 0.05) is 12.7 Å². The summed E-state index contributed by atoms with van der Waals surface area (Å²) in [6, 6.07) is 8.32. The lowest BCUT2D eigenvalue weighted by molar-refractivity contribution is 0.184. The molecule has 0 spiro atoms. The van der Waals surface area contributed by atoms with E-state index in [1.165, 1.54) is 0 Å². The molecule has 0 saturated carbocycles. The van der Waals surface area contributed by atoms with Crippen molar-refractivity contribution < 1.29 is 4.74 Å². The van der Waals surface area contributed by atoms with Gasteiger partial charge in [-0.25, -0.2) is 4.68 Å². The summed E-state index contributed by atoms with van der Waals surface area (Å²) >= 11 is 0. The van der Waals surface area contributed by atoms with E-state index in [0.717, 1.165) is 35.6 Å². The van der Waals surface area contributed by atoms with Crippen molar-refractivity contribution in [3.8, 4) is 5.69 Å². The van der Waals surface area contributed by atoms with Crippen LogP contribution in [0.5, 0.6) is 0 Å². The lowest BCUT2D eigenvalue weighted by Gasteiger charge is -2.13. The molecule has 21 heavy (non-hydrogen) atoms. The highest BCUT2D eigenvalue weighted by Gasteiger charge is 2.17. The monoisotopic (exact) mass is 288 g/mol. The van der Waals surface area contributed by atoms with Crippen molar-refractivity contribution in [1.29, 1.82) is 0 Å². The third kappa shape index (κ3) is 3.49. The number of methoxy groups -OCH3 is 1. The van der Waals surface area contributed by atoms with Crippen LogP contribution in [0.4, 0.5) is 0 Å². The van der Waals surface area contributed by atoms with Crippen LogP contribution in [0, 0.1) is 6.92 Å². The quantitative estimate of drug-likeness (QED) is 0.851. The maximum atomic E-state index is 5.26. The van der Waals surface area contributed by atoms with E-state index in [4.69, 9.17) is 4.74 Å². The second kappa shape index (κ2) is 7.33. The van der Waals surface area contributed by atoms with Crippen molar-refractivity contribution >= 4 is 0 Å². The third-order valence-corrected chi connectivity index (χ3v) is 3.56. The van der Waals surface area contributed by atoms with Crippen molar-refractivity contribution in [1.82, 2.24) is 20.3 Å². The molecule has 0 amide bonds. The van der Waals surface area contributed by atoms with E-state index in [9.17, 15) is 0 Å². The maximum Gasteiger partial charge on any atom is 0.103 e. The molecule has 0 radical (unpaired) electrons. The molecule has 0 fully saturated rings. The van der Waals surface area contributed by atoms with Gasteiger partial charge in [-0.2, -0.15) is 0 Å². The Kier molecular flexibility index (Phi) is 5.47. The smallest absolute Gasteiger partial charge is 0.103 e. The minimum atomic E-state index is 0.202. The van der Waals surface area contributed by atoms with Crippen molar-refractivity contribution in [3.05, 3.63) is 41.2 Å². The number of hydrogen-bond donors (Lipinski definition) is 1. The second-order valence-corrected chi connectivity index (χ2v) is 5.21. The minimum absolute atomic E-state index is 0.202. The molecule has 5 nitrogen and oxygen atoms in total. The van der Waals surface area contributed by atoms with E-state index < -0.39 is 0 Å². The Hall–Kier alpha value is -1.72. The molecule has 1 heterocycles. The van der Waals surface area contributed by atoms with Gasteiger partial charge >= 0.3 is 0 Å². The summed E-state index contributed by atoms with van der Waals surface area (Å²) < 4.78 is 7.16. The molecule has 0 aliphatic heterocycles. The van der Waals surface area contributed by atoms with Crippen LogP contribution in [0.25, 0.3) is 5.69 Å². The van der Waals surface area contributed by atoms with Crippen LogP contribution in [0.3, 0.4) is 0 Å². The average molecular weight is 288 g/mol. The molecule has 2 rings (SSSR count). The molecule has 114 valence electrons. The molecule has 0 aliphatic carbocycles. The first-order valence-corrected chi connectivity index (χ1v) is 7.41. The first-order valence-electron chi connectivity index (χ1n) is 7.41. The van der Waals surface area contributed by atoms with Crippen LogP contribution in [0.2, 0.25) is 0 Å². The summed E-state index contributed by atoms with van der Waals surface area (Å²) in [5.74, 6) is 0. The van der Waals surface area contributed by atoms with E-state index in [1.807, 2.05) is 22.9 Å². The van der Waals surface area contributed by atoms with E-state index in [0.29, 0.717) is 6.61 Å². The number of nitrogens with one attached hydrogen (secondary N) is 1. The highest BCUT2D eigenvalue weighted by atomic mass is 16.5. The van der Waals surface area contributed by atoms with Gasteiger partial charge in [-0.3, -0.25) is 0 Å². The van der Waals surface area contributed by atoms with E-state index in [1.54, 1.807) is 7.11 Å². The zero-order valence-corrected chi connectivity index (χ0v) is 13.3. The highest BCUT2D eigenvalue weighted by molar-refractivity contribution is 5.41. The summed E-state index contributed by atoms with van der Waals surface area (Å²) in [6.07, 6.45) is 1.11. The lowest BCUT2D eigenvalue weighted by atomic mass is 10.1. The van der Waals surface area contributed by atoms with Gasteiger partial charge in [-0.05, 0) is 32.9 Å². The topological polar surface area (TPSA) is 52.0 Å². The van der Waals surface area contributed by atoms with Crippen molar-refractivity contribution in [2.75, 3.05) is 13.7 Å². The van der Waals surface area contributed by atoms with Crippen molar-refractivity contribution in [3.63, 3.8) is 0 Å². The summed E-state index contributed by atoms with van der Waals surface area (Å²) in [7, 11) is 1.70. The largest absolute Gasteiger partial charge is 0.380 e. The second-order valence-electron chi connectivity index (χ2n) is 5.21. The van der Waals surface area contributed by atoms with Crippen LogP contribution in [-0.2, 0) is 11.3 Å². The van der Waals surface area contributed by atoms with Crippen molar-refractivity contribution in [2.45, 2.75) is 39.8 Å². The normalized spacial score (nSPS) is 12.6. The zero-order valence-electron chi connectivity index (χ0n) is 13.3. The van der Waals surface area contributed by atoms with Crippen LogP contribution in [0.15, 0.2) is 24.3 Å². The van der Waals surface area contributed by atoms with Crippen LogP contribution in [0.1, 0.15) is 43.3 Å². The summed E-state index contributed by atoms with van der Waals surface area (Å²) in [5.41, 5.74) is 4.19. The molecule has 0 aliphatic rings. The standard InChI is InChI=1S/C16H24N4O/c1-5-10-17-12(2)16-13(3)20(19-18-16)15-9-7-6-8-14(15)11-21-4/h6-9,12,17H,5,10-11H2,1-4H3. The first-order chi connectivity index (χ1) is 10.2. The number of aromatic nitrogens is 3. The number of benzene rings is 1. The van der Waals surface area contributed by atoms with Crippen LogP contribution in [-0.4, -0.2) is 28.6 Å². The molecule has 0 saturated heterocycles. The van der Waals surface area contributed by atoms with Gasteiger partial charge in [-0.15, -0.1) is 5.10 Å². The molecule has 1 N–H and O–H groups in total. The molecular weight excluding hydrogens is 264 g/mol. The SMILES string of the molecule is CCCNC(C)c1nnn(-c2ccccc2COC)c1C. The number of ether oxygens (including phenoxy) is 1. The van der Waals surface area contributed by atoms with Gasteiger partial charge in [0.1, 0.15) is 5.69 Å². The Bertz CT molecular complexity index is 579. The molecular formula is C16H24N4O. The number of hydrogen-bond acceptors (Lipinski definition) is 4. The lowest BCUT2D eigenvalue weighted by Crippen LogP contribution is -2.20. The van der Waals surface area contributed by atoms with Gasteiger partial charge in [0.05, 0.1) is 24.0 Å². The van der Waals surface area contributed by atoms with E-state index in [-0.39, 0.29) is 6.04 Å². The highest BCUT2D eigenvalue weighted by Crippen LogP contribution is 2.20. The predicted octanol–water partition coefficient (Wildman–Crippen LogP) is 2.78. The predicted molar refractivity (Wildman–Crippen MR) is 83.5 cm³/mol. The van der Waals surface area contributed by atoms with Gasteiger partial charge in [0.15, 0.2) is 0 Å². The molecule has 2 aromatic rings. The molecule has 1 aromatic heterocycles. The molecule has 1 aromatic carbocycles. The Balaban J connectivity index is 2.32. The average Bonchev–Trinajstić information content (AvgIpc) is 2.87. The van der Waals surface area contributed by atoms with Crippen LogP contribution < -0.4 is 5.32 Å². The molecule has 1 atom stereocenters.